The van der Waals surface area contributed by atoms with E-state index in [-0.39, 0.29) is 0 Å². The summed E-state index contributed by atoms with van der Waals surface area (Å²) < 4.78 is 24.8. The third-order valence-electron chi connectivity index (χ3n) is 1.36. The van der Waals surface area contributed by atoms with Crippen LogP contribution in [0.2, 0.25) is 0 Å². The molecule has 0 heterocycles. The molecule has 3 heteroatoms. The zero-order valence-electron chi connectivity index (χ0n) is 5.98. The summed E-state index contributed by atoms with van der Waals surface area (Å²) >= 11 is 0. The predicted octanol–water partition coefficient (Wildman–Crippen LogP) is 0.820. The van der Waals surface area contributed by atoms with Gasteiger partial charge < -0.3 is 5.32 Å². The number of nitrogens with two attached hydrogens (primary N) is 1. The Bertz CT molecular complexity index is 248. The van der Waals surface area contributed by atoms with Crippen molar-refractivity contribution in [2.75, 3.05) is 0 Å². The minimum absolute atomic E-state index is 0.567. The van der Waals surface area contributed by atoms with Gasteiger partial charge >= 0.3 is 0 Å². The molecular formula is C8H9F2N. The summed E-state index contributed by atoms with van der Waals surface area (Å²) in [5.41, 5.74) is 0.735. The van der Waals surface area contributed by atoms with Crippen molar-refractivity contribution in [1.82, 2.24) is 0 Å². The lowest BCUT2D eigenvalue weighted by Gasteiger charge is -2.00. The molecule has 0 aliphatic heterocycles. The van der Waals surface area contributed by atoms with Gasteiger partial charge in [0.2, 0.25) is 0 Å². The maximum absolute atomic E-state index is 12.5. The Kier molecular flexibility index (Phi) is 2.54. The van der Waals surface area contributed by atoms with Crippen LogP contribution < -0.4 is 5.32 Å². The minimum Gasteiger partial charge on any atom is -0.475 e. The fraction of sp³-hybridized carbons (Fsp3) is 0.125. The number of halogens is 2. The van der Waals surface area contributed by atoms with Gasteiger partial charge in [0, 0.05) is 5.56 Å². The lowest BCUT2D eigenvalue weighted by molar-refractivity contribution is -0.612. The van der Waals surface area contributed by atoms with Gasteiger partial charge in [0.1, 0.15) is 0 Å². The van der Waals surface area contributed by atoms with Crippen molar-refractivity contribution in [3.05, 3.63) is 42.4 Å². The van der Waals surface area contributed by atoms with Crippen molar-refractivity contribution in [2.45, 2.75) is 6.54 Å². The summed E-state index contributed by atoms with van der Waals surface area (Å²) in [7, 11) is 3.49. The molecular weight excluding hydrogens is 148 g/mol. The molecule has 11 heavy (non-hydrogen) atoms. The molecule has 1 rings (SSSR count). The van der Waals surface area contributed by atoms with Gasteiger partial charge in [-0.15, -0.1) is 0 Å². The summed E-state index contributed by atoms with van der Waals surface area (Å²) in [5, 5.41) is 1.65. The van der Waals surface area contributed by atoms with Gasteiger partial charge in [-0.25, -0.2) is 8.78 Å². The Labute approximate surface area is 64.0 Å². The highest BCUT2D eigenvalue weighted by Crippen LogP contribution is 2.06. The Morgan fingerprint density at radius 2 is 2.00 bits per heavy atom. The van der Waals surface area contributed by atoms with Crippen molar-refractivity contribution in [2.24, 2.45) is 0 Å². The lowest BCUT2D eigenvalue weighted by Crippen LogP contribution is -2.74. The molecule has 0 aromatic heterocycles. The number of benzene rings is 1. The molecule has 0 saturated heterocycles. The largest absolute Gasteiger partial charge is 0.475 e. The first kappa shape index (κ1) is 8.14. The van der Waals surface area contributed by atoms with Crippen LogP contribution in [-0.4, -0.2) is 0 Å². The molecule has 0 atom stereocenters. The molecule has 0 saturated carbocycles. The van der Waals surface area contributed by atoms with Gasteiger partial charge in [0.25, 0.3) is 0 Å². The Morgan fingerprint density at radius 1 is 1.27 bits per heavy atom. The molecule has 0 aliphatic carbocycles. The molecule has 60 valence electrons. The van der Waals surface area contributed by atoms with Crippen LogP contribution in [0.15, 0.2) is 18.2 Å². The van der Waals surface area contributed by atoms with Crippen LogP contribution in [0, 0.1) is 18.7 Å². The molecule has 0 bridgehead atoms. The second kappa shape index (κ2) is 3.44. The fourth-order valence-electron chi connectivity index (χ4n) is 0.833. The molecule has 0 amide bonds. The van der Waals surface area contributed by atoms with E-state index < -0.39 is 11.6 Å². The van der Waals surface area contributed by atoms with Crippen molar-refractivity contribution in [3.8, 4) is 0 Å². The standard InChI is InChI=1S/C8H9F2N/c1-11-5-6-2-3-7(9)8(10)4-6/h2-4H,1,5,11H2. The highest BCUT2D eigenvalue weighted by molar-refractivity contribution is 5.16. The summed E-state index contributed by atoms with van der Waals surface area (Å²) in [6.07, 6.45) is 0. The van der Waals surface area contributed by atoms with Crippen LogP contribution in [0.25, 0.3) is 0 Å². The zero-order valence-corrected chi connectivity index (χ0v) is 5.98. The van der Waals surface area contributed by atoms with Crippen LogP contribution in [0.3, 0.4) is 0 Å². The summed E-state index contributed by atoms with van der Waals surface area (Å²) in [4.78, 5) is 0. The zero-order chi connectivity index (χ0) is 8.27. The third-order valence-corrected chi connectivity index (χ3v) is 1.36. The normalized spacial score (nSPS) is 10.1. The van der Waals surface area contributed by atoms with Crippen LogP contribution in [0.1, 0.15) is 5.56 Å². The van der Waals surface area contributed by atoms with Gasteiger partial charge in [-0.05, 0) is 12.1 Å². The molecule has 0 fully saturated rings. The Balaban J connectivity index is 2.86. The molecule has 1 nitrogen and oxygen atoms in total. The topological polar surface area (TPSA) is 16.6 Å². The number of hydrogen-bond acceptors (Lipinski definition) is 0. The maximum Gasteiger partial charge on any atom is 0.159 e. The number of rotatable bonds is 2. The molecule has 0 unspecified atom stereocenters. The molecule has 0 spiro atoms. The van der Waals surface area contributed by atoms with Crippen molar-refractivity contribution < 1.29 is 14.1 Å². The van der Waals surface area contributed by atoms with E-state index in [0.717, 1.165) is 11.6 Å². The van der Waals surface area contributed by atoms with Gasteiger partial charge in [0.05, 0.1) is 6.54 Å². The van der Waals surface area contributed by atoms with Crippen LogP contribution in [-0.2, 0) is 6.54 Å². The van der Waals surface area contributed by atoms with E-state index in [1.807, 2.05) is 0 Å². The maximum atomic E-state index is 12.5. The van der Waals surface area contributed by atoms with Crippen LogP contribution in [0.5, 0.6) is 0 Å². The van der Waals surface area contributed by atoms with Crippen LogP contribution in [0.4, 0.5) is 8.78 Å². The third kappa shape index (κ3) is 1.98. The first-order chi connectivity index (χ1) is 5.24. The molecule has 1 aromatic carbocycles. The van der Waals surface area contributed by atoms with E-state index in [2.05, 4.69) is 7.05 Å². The highest BCUT2D eigenvalue weighted by atomic mass is 19.2. The number of quaternary nitrogens is 1. The van der Waals surface area contributed by atoms with E-state index in [4.69, 9.17) is 0 Å². The molecule has 1 aromatic rings. The van der Waals surface area contributed by atoms with Gasteiger partial charge in [0.15, 0.2) is 11.6 Å². The fourth-order valence-corrected chi connectivity index (χ4v) is 0.833. The average Bonchev–Trinajstić information content (AvgIpc) is 1.98. The lowest BCUT2D eigenvalue weighted by atomic mass is 10.2. The van der Waals surface area contributed by atoms with Crippen molar-refractivity contribution in [3.63, 3.8) is 0 Å². The van der Waals surface area contributed by atoms with E-state index in [0.29, 0.717) is 6.54 Å². The van der Waals surface area contributed by atoms with E-state index in [9.17, 15) is 8.78 Å². The van der Waals surface area contributed by atoms with E-state index in [1.165, 1.54) is 6.07 Å². The van der Waals surface area contributed by atoms with Gasteiger partial charge in [-0.3, -0.25) is 0 Å². The smallest absolute Gasteiger partial charge is 0.159 e. The molecule has 0 radical (unpaired) electrons. The molecule has 2 N–H and O–H groups in total. The SMILES string of the molecule is [CH2-][NH2+]Cc1ccc(F)c(F)c1. The predicted molar refractivity (Wildman–Crippen MR) is 37.3 cm³/mol. The van der Waals surface area contributed by atoms with Crippen molar-refractivity contribution >= 4 is 0 Å². The monoisotopic (exact) mass is 157 g/mol. The Morgan fingerprint density at radius 3 is 2.55 bits per heavy atom. The van der Waals surface area contributed by atoms with E-state index >= 15 is 0 Å². The summed E-state index contributed by atoms with van der Waals surface area (Å²) in [6, 6.07) is 3.84. The minimum atomic E-state index is -0.808. The second-order valence-electron chi connectivity index (χ2n) is 2.24. The summed E-state index contributed by atoms with van der Waals surface area (Å²) in [6.45, 7) is 0.567. The van der Waals surface area contributed by atoms with Gasteiger partial charge in [-0.2, -0.15) is 7.05 Å². The highest BCUT2D eigenvalue weighted by Gasteiger charge is 2.01. The first-order valence-electron chi connectivity index (χ1n) is 3.29. The van der Waals surface area contributed by atoms with Gasteiger partial charge in [-0.1, -0.05) is 6.07 Å². The van der Waals surface area contributed by atoms with Crippen LogP contribution >= 0.6 is 0 Å². The average molecular weight is 157 g/mol. The second-order valence-corrected chi connectivity index (χ2v) is 2.24. The van der Waals surface area contributed by atoms with Crippen molar-refractivity contribution in [1.29, 1.82) is 0 Å². The van der Waals surface area contributed by atoms with E-state index in [1.54, 1.807) is 11.4 Å². The summed E-state index contributed by atoms with van der Waals surface area (Å²) in [5.74, 6) is -1.61. The Hall–Kier alpha value is -0.960. The quantitative estimate of drug-likeness (QED) is 0.612. The number of hydrogen-bond donors (Lipinski definition) is 1. The first-order valence-corrected chi connectivity index (χ1v) is 3.29. The molecule has 0 aliphatic rings.